The van der Waals surface area contributed by atoms with Gasteiger partial charge in [-0.25, -0.2) is 0 Å². The summed E-state index contributed by atoms with van der Waals surface area (Å²) in [6, 6.07) is 16.6. The number of nitrogens with zero attached hydrogens (tertiary/aromatic N) is 2. The number of rotatable bonds is 8. The maximum atomic E-state index is 11.7. The molecule has 0 aliphatic carbocycles. The zero-order chi connectivity index (χ0) is 19.3. The van der Waals surface area contributed by atoms with E-state index in [9.17, 15) is 4.79 Å². The van der Waals surface area contributed by atoms with Crippen molar-refractivity contribution < 1.29 is 4.79 Å². The van der Waals surface area contributed by atoms with Gasteiger partial charge in [-0.3, -0.25) is 4.79 Å². The third-order valence-electron chi connectivity index (χ3n) is 5.41. The van der Waals surface area contributed by atoms with Gasteiger partial charge in [0, 0.05) is 54.7 Å². The lowest BCUT2D eigenvalue weighted by atomic mass is 10.2. The Balaban J connectivity index is 1.38. The molecule has 3 aromatic rings. The topological polar surface area (TPSA) is 37.3 Å². The Morgan fingerprint density at radius 1 is 1.07 bits per heavy atom. The van der Waals surface area contributed by atoms with Crippen molar-refractivity contribution in [2.45, 2.75) is 32.4 Å². The summed E-state index contributed by atoms with van der Waals surface area (Å²) in [6.07, 6.45) is 4.98. The third kappa shape index (κ3) is 4.40. The van der Waals surface area contributed by atoms with Gasteiger partial charge in [-0.1, -0.05) is 41.9 Å². The molecule has 1 N–H and O–H groups in total. The highest BCUT2D eigenvalue weighted by Crippen LogP contribution is 2.23. The number of benzene rings is 2. The second-order valence-corrected chi connectivity index (χ2v) is 7.88. The number of halogens is 1. The van der Waals surface area contributed by atoms with Gasteiger partial charge in [0.05, 0.1) is 0 Å². The summed E-state index contributed by atoms with van der Waals surface area (Å²) in [5, 5.41) is 5.60. The molecule has 1 aliphatic rings. The number of likely N-dealkylation sites (tertiary alicyclic amines) is 1. The molecule has 4 nitrogen and oxygen atoms in total. The highest BCUT2D eigenvalue weighted by atomic mass is 35.5. The third-order valence-corrected chi connectivity index (χ3v) is 5.66. The lowest BCUT2D eigenvalue weighted by Gasteiger charge is -2.15. The number of fused-ring (bicyclic) bond motifs is 1. The average molecular weight is 396 g/mol. The molecule has 2 heterocycles. The van der Waals surface area contributed by atoms with E-state index in [1.165, 1.54) is 22.0 Å². The van der Waals surface area contributed by atoms with Crippen molar-refractivity contribution in [2.75, 3.05) is 19.6 Å². The minimum atomic E-state index is 0.310. The molecular weight excluding hydrogens is 370 g/mol. The lowest BCUT2D eigenvalue weighted by Crippen LogP contribution is -2.28. The molecule has 5 heteroatoms. The SMILES string of the molecule is O=C1CCCN1CCCNCc1cn(Cc2ccc(Cl)cc2)c2ccccc12. The Morgan fingerprint density at radius 3 is 2.68 bits per heavy atom. The van der Waals surface area contributed by atoms with E-state index in [0.29, 0.717) is 5.91 Å². The van der Waals surface area contributed by atoms with Crippen LogP contribution in [0.2, 0.25) is 5.02 Å². The first-order valence-electron chi connectivity index (χ1n) is 10.0. The van der Waals surface area contributed by atoms with Crippen molar-refractivity contribution >= 4 is 28.4 Å². The molecule has 2 aromatic carbocycles. The molecule has 1 amide bonds. The molecule has 0 radical (unpaired) electrons. The molecule has 1 fully saturated rings. The van der Waals surface area contributed by atoms with E-state index in [0.717, 1.165) is 57.0 Å². The Hall–Kier alpha value is -2.30. The first-order valence-corrected chi connectivity index (χ1v) is 10.4. The summed E-state index contributed by atoms with van der Waals surface area (Å²) in [5.74, 6) is 0.310. The summed E-state index contributed by atoms with van der Waals surface area (Å²) < 4.78 is 2.30. The maximum absolute atomic E-state index is 11.7. The van der Waals surface area contributed by atoms with E-state index in [2.05, 4.69) is 52.5 Å². The zero-order valence-corrected chi connectivity index (χ0v) is 16.8. The first-order chi connectivity index (χ1) is 13.7. The fourth-order valence-corrected chi connectivity index (χ4v) is 4.07. The van der Waals surface area contributed by atoms with E-state index < -0.39 is 0 Å². The number of carbonyl (C=O) groups is 1. The van der Waals surface area contributed by atoms with Gasteiger partial charge in [0.25, 0.3) is 0 Å². The molecule has 1 aliphatic heterocycles. The summed E-state index contributed by atoms with van der Waals surface area (Å²) in [5.41, 5.74) is 3.79. The van der Waals surface area contributed by atoms with Crippen LogP contribution in [0, 0.1) is 0 Å². The van der Waals surface area contributed by atoms with Gasteiger partial charge >= 0.3 is 0 Å². The van der Waals surface area contributed by atoms with Crippen LogP contribution in [0.25, 0.3) is 10.9 Å². The number of carbonyl (C=O) groups excluding carboxylic acids is 1. The molecule has 0 bridgehead atoms. The van der Waals surface area contributed by atoms with Crippen LogP contribution in [0.3, 0.4) is 0 Å². The molecule has 0 spiro atoms. The minimum absolute atomic E-state index is 0.310. The van der Waals surface area contributed by atoms with Crippen LogP contribution in [-0.2, 0) is 17.9 Å². The Morgan fingerprint density at radius 2 is 1.89 bits per heavy atom. The zero-order valence-electron chi connectivity index (χ0n) is 16.0. The summed E-state index contributed by atoms with van der Waals surface area (Å²) in [4.78, 5) is 13.7. The number of nitrogens with one attached hydrogen (secondary N) is 1. The highest BCUT2D eigenvalue weighted by Gasteiger charge is 2.18. The van der Waals surface area contributed by atoms with Gasteiger partial charge in [0.1, 0.15) is 0 Å². The fourth-order valence-electron chi connectivity index (χ4n) is 3.94. The number of aromatic nitrogens is 1. The van der Waals surface area contributed by atoms with Gasteiger partial charge in [-0.2, -0.15) is 0 Å². The minimum Gasteiger partial charge on any atom is -0.343 e. The van der Waals surface area contributed by atoms with E-state index in [-0.39, 0.29) is 0 Å². The van der Waals surface area contributed by atoms with E-state index in [4.69, 9.17) is 11.6 Å². The molecular formula is C23H26ClN3O. The molecule has 1 saturated heterocycles. The van der Waals surface area contributed by atoms with Gasteiger partial charge in [-0.05, 0) is 48.7 Å². The molecule has 4 rings (SSSR count). The Labute approximate surface area is 171 Å². The standard InChI is InChI=1S/C23H26ClN3O/c24-20-10-8-18(9-11-20)16-27-17-19(21-5-1-2-6-22(21)27)15-25-12-4-14-26-13-3-7-23(26)28/h1-2,5-6,8-11,17,25H,3-4,7,12-16H2. The van der Waals surface area contributed by atoms with E-state index in [1.54, 1.807) is 0 Å². The van der Waals surface area contributed by atoms with Gasteiger partial charge in [0.15, 0.2) is 0 Å². The van der Waals surface area contributed by atoms with Crippen molar-refractivity contribution in [1.82, 2.24) is 14.8 Å². The van der Waals surface area contributed by atoms with E-state index in [1.807, 2.05) is 17.0 Å². The van der Waals surface area contributed by atoms with Crippen LogP contribution < -0.4 is 5.32 Å². The number of hydrogen-bond donors (Lipinski definition) is 1. The first kappa shape index (κ1) is 19.0. The largest absolute Gasteiger partial charge is 0.343 e. The average Bonchev–Trinajstić information content (AvgIpc) is 3.27. The highest BCUT2D eigenvalue weighted by molar-refractivity contribution is 6.30. The van der Waals surface area contributed by atoms with E-state index >= 15 is 0 Å². The quantitative estimate of drug-likeness (QED) is 0.572. The van der Waals surface area contributed by atoms with Crippen molar-refractivity contribution in [3.05, 3.63) is 70.9 Å². The normalized spacial score (nSPS) is 14.3. The van der Waals surface area contributed by atoms with Crippen LogP contribution in [0.4, 0.5) is 0 Å². The second-order valence-electron chi connectivity index (χ2n) is 7.44. The summed E-state index contributed by atoms with van der Waals surface area (Å²) in [6.45, 7) is 4.37. The molecule has 0 saturated carbocycles. The predicted octanol–water partition coefficient (Wildman–Crippen LogP) is 4.45. The number of para-hydroxylation sites is 1. The van der Waals surface area contributed by atoms with Crippen molar-refractivity contribution in [3.8, 4) is 0 Å². The lowest BCUT2D eigenvalue weighted by molar-refractivity contribution is -0.127. The van der Waals surface area contributed by atoms with Crippen LogP contribution in [0.1, 0.15) is 30.4 Å². The molecule has 0 atom stereocenters. The molecule has 1 aromatic heterocycles. The molecule has 146 valence electrons. The Bertz CT molecular complexity index is 948. The predicted molar refractivity (Wildman–Crippen MR) is 115 cm³/mol. The number of hydrogen-bond acceptors (Lipinski definition) is 2. The molecule has 28 heavy (non-hydrogen) atoms. The van der Waals surface area contributed by atoms with Gasteiger partial charge in [0.2, 0.25) is 5.91 Å². The smallest absolute Gasteiger partial charge is 0.222 e. The van der Waals surface area contributed by atoms with Crippen molar-refractivity contribution in [1.29, 1.82) is 0 Å². The second kappa shape index (κ2) is 8.80. The monoisotopic (exact) mass is 395 g/mol. The summed E-state index contributed by atoms with van der Waals surface area (Å²) >= 11 is 6.01. The molecule has 0 unspecified atom stereocenters. The number of amides is 1. The Kier molecular flexibility index (Phi) is 5.98. The fraction of sp³-hybridized carbons (Fsp3) is 0.348. The summed E-state index contributed by atoms with van der Waals surface area (Å²) in [7, 11) is 0. The van der Waals surface area contributed by atoms with Crippen LogP contribution in [0.5, 0.6) is 0 Å². The van der Waals surface area contributed by atoms with Crippen LogP contribution in [-0.4, -0.2) is 35.0 Å². The van der Waals surface area contributed by atoms with Gasteiger partial charge in [-0.15, -0.1) is 0 Å². The van der Waals surface area contributed by atoms with Crippen LogP contribution >= 0.6 is 11.6 Å². The van der Waals surface area contributed by atoms with Crippen LogP contribution in [0.15, 0.2) is 54.7 Å². The maximum Gasteiger partial charge on any atom is 0.222 e. The van der Waals surface area contributed by atoms with Crippen molar-refractivity contribution in [2.24, 2.45) is 0 Å². The van der Waals surface area contributed by atoms with Gasteiger partial charge < -0.3 is 14.8 Å². The van der Waals surface area contributed by atoms with Crippen molar-refractivity contribution in [3.63, 3.8) is 0 Å².